The molecule has 0 saturated carbocycles. The van der Waals surface area contributed by atoms with Crippen LogP contribution in [-0.2, 0) is 14.3 Å². The van der Waals surface area contributed by atoms with Gasteiger partial charge >= 0.3 is 12.0 Å². The van der Waals surface area contributed by atoms with Crippen LogP contribution in [-0.4, -0.2) is 31.3 Å². The first-order valence-electron chi connectivity index (χ1n) is 7.68. The summed E-state index contributed by atoms with van der Waals surface area (Å²) in [4.78, 5) is 24.2. The Balaban J connectivity index is 2.10. The smallest absolute Gasteiger partial charge is 0.319 e. The number of urea groups is 1. The Kier molecular flexibility index (Phi) is 6.23. The van der Waals surface area contributed by atoms with E-state index >= 15 is 0 Å². The highest BCUT2D eigenvalue weighted by Crippen LogP contribution is 2.30. The van der Waals surface area contributed by atoms with Crippen LogP contribution in [0.2, 0.25) is 5.02 Å². The van der Waals surface area contributed by atoms with Crippen LogP contribution in [0.1, 0.15) is 25.5 Å². The Labute approximate surface area is 146 Å². The zero-order valence-electron chi connectivity index (χ0n) is 13.7. The Morgan fingerprint density at radius 2 is 1.96 bits per heavy atom. The monoisotopic (exact) mass is 352 g/mol. The van der Waals surface area contributed by atoms with Gasteiger partial charge in [0.05, 0.1) is 18.8 Å². The molecule has 0 radical (unpaired) electrons. The molecular formula is C17H21ClN2O4. The fourth-order valence-electron chi connectivity index (χ4n) is 2.43. The number of ether oxygens (including phenoxy) is 2. The van der Waals surface area contributed by atoms with Gasteiger partial charge in [0.1, 0.15) is 12.5 Å². The largest absolute Gasteiger partial charge is 0.463 e. The lowest BCUT2D eigenvalue weighted by atomic mass is 9.89. The Bertz CT molecular complexity index is 616. The average Bonchev–Trinajstić information content (AvgIpc) is 2.51. The molecule has 0 spiro atoms. The molecule has 1 aliphatic rings. The molecule has 1 fully saturated rings. The number of hydrogen-bond acceptors (Lipinski definition) is 4. The van der Waals surface area contributed by atoms with Crippen molar-refractivity contribution < 1.29 is 19.1 Å². The number of nitrogens with one attached hydrogen (secondary N) is 2. The second-order valence-corrected chi connectivity index (χ2v) is 6.15. The zero-order chi connectivity index (χ0) is 17.7. The summed E-state index contributed by atoms with van der Waals surface area (Å²) in [5.74, 6) is -1.21. The summed E-state index contributed by atoms with van der Waals surface area (Å²) in [5.41, 5.74) is 1.05. The highest BCUT2D eigenvalue weighted by atomic mass is 35.5. The standard InChI is InChI=1S/C17H21ClN2O4/c1-10(2)23-8-9-24-16(21)14-11(3)19-17(22)20-15(14)12-4-6-13(18)7-5-12/h4-7,10,14-15H,3,8-9H2,1-2H3,(H2,19,20,22)/t14-,15+/m0/s1. The molecule has 7 heteroatoms. The molecule has 1 aromatic rings. The van der Waals surface area contributed by atoms with Crippen LogP contribution in [0.25, 0.3) is 0 Å². The minimum Gasteiger partial charge on any atom is -0.463 e. The number of carbonyl (C=O) groups excluding carboxylic acids is 2. The van der Waals surface area contributed by atoms with E-state index < -0.39 is 24.0 Å². The molecule has 6 nitrogen and oxygen atoms in total. The van der Waals surface area contributed by atoms with Crippen LogP contribution in [0.3, 0.4) is 0 Å². The molecule has 24 heavy (non-hydrogen) atoms. The van der Waals surface area contributed by atoms with Gasteiger partial charge in [-0.15, -0.1) is 0 Å². The third-order valence-electron chi connectivity index (χ3n) is 3.53. The van der Waals surface area contributed by atoms with Crippen LogP contribution >= 0.6 is 11.6 Å². The van der Waals surface area contributed by atoms with E-state index in [0.29, 0.717) is 17.3 Å². The van der Waals surface area contributed by atoms with Crippen molar-refractivity contribution in [2.75, 3.05) is 13.2 Å². The molecule has 2 N–H and O–H groups in total. The fraction of sp³-hybridized carbons (Fsp3) is 0.412. The third-order valence-corrected chi connectivity index (χ3v) is 3.78. The van der Waals surface area contributed by atoms with Gasteiger partial charge < -0.3 is 20.1 Å². The number of benzene rings is 1. The van der Waals surface area contributed by atoms with Crippen LogP contribution in [0.4, 0.5) is 4.79 Å². The molecule has 0 aliphatic carbocycles. The topological polar surface area (TPSA) is 76.7 Å². The summed E-state index contributed by atoms with van der Waals surface area (Å²) in [7, 11) is 0. The van der Waals surface area contributed by atoms with E-state index in [1.807, 2.05) is 13.8 Å². The minimum atomic E-state index is -0.733. The van der Waals surface area contributed by atoms with Crippen LogP contribution in [0, 0.1) is 5.92 Å². The maximum Gasteiger partial charge on any atom is 0.319 e. The van der Waals surface area contributed by atoms with Crippen molar-refractivity contribution in [3.05, 3.63) is 47.1 Å². The van der Waals surface area contributed by atoms with Crippen molar-refractivity contribution in [3.63, 3.8) is 0 Å². The predicted molar refractivity (Wildman–Crippen MR) is 90.5 cm³/mol. The second kappa shape index (κ2) is 8.17. The van der Waals surface area contributed by atoms with E-state index in [4.69, 9.17) is 21.1 Å². The Morgan fingerprint density at radius 1 is 1.29 bits per heavy atom. The number of hydrogen-bond donors (Lipinski definition) is 2. The molecule has 2 atom stereocenters. The molecule has 1 heterocycles. The molecule has 1 aliphatic heterocycles. The molecule has 0 aromatic heterocycles. The number of amides is 2. The van der Waals surface area contributed by atoms with Gasteiger partial charge in [0.25, 0.3) is 0 Å². The minimum absolute atomic E-state index is 0.0659. The van der Waals surface area contributed by atoms with E-state index in [9.17, 15) is 9.59 Å². The summed E-state index contributed by atoms with van der Waals surface area (Å²) in [6.07, 6.45) is 0.0659. The fourth-order valence-corrected chi connectivity index (χ4v) is 2.55. The average molecular weight is 353 g/mol. The van der Waals surface area contributed by atoms with Crippen LogP contribution in [0.5, 0.6) is 0 Å². The Morgan fingerprint density at radius 3 is 2.58 bits per heavy atom. The lowest BCUT2D eigenvalue weighted by molar-refractivity contribution is -0.150. The van der Waals surface area contributed by atoms with Crippen molar-refractivity contribution in [3.8, 4) is 0 Å². The molecule has 2 rings (SSSR count). The second-order valence-electron chi connectivity index (χ2n) is 5.72. The van der Waals surface area contributed by atoms with Gasteiger partial charge in [-0.25, -0.2) is 4.79 Å². The lowest BCUT2D eigenvalue weighted by Gasteiger charge is -2.33. The van der Waals surface area contributed by atoms with Crippen molar-refractivity contribution in [1.82, 2.24) is 10.6 Å². The van der Waals surface area contributed by atoms with E-state index in [2.05, 4.69) is 17.2 Å². The van der Waals surface area contributed by atoms with Crippen molar-refractivity contribution in [2.24, 2.45) is 5.92 Å². The van der Waals surface area contributed by atoms with Crippen LogP contribution < -0.4 is 10.6 Å². The van der Waals surface area contributed by atoms with Gasteiger partial charge in [0.2, 0.25) is 0 Å². The van der Waals surface area contributed by atoms with Crippen molar-refractivity contribution in [2.45, 2.75) is 26.0 Å². The predicted octanol–water partition coefficient (Wildman–Crippen LogP) is 2.79. The summed E-state index contributed by atoms with van der Waals surface area (Å²) in [6.45, 7) is 8.05. The highest BCUT2D eigenvalue weighted by molar-refractivity contribution is 6.30. The first kappa shape index (κ1) is 18.3. The maximum atomic E-state index is 12.5. The summed E-state index contributed by atoms with van der Waals surface area (Å²) >= 11 is 5.89. The number of rotatable bonds is 6. The van der Waals surface area contributed by atoms with E-state index in [1.54, 1.807) is 24.3 Å². The quantitative estimate of drug-likeness (QED) is 0.609. The van der Waals surface area contributed by atoms with Gasteiger partial charge in [-0.3, -0.25) is 4.79 Å². The number of esters is 1. The molecule has 0 bridgehead atoms. The van der Waals surface area contributed by atoms with Crippen LogP contribution in [0.15, 0.2) is 36.5 Å². The van der Waals surface area contributed by atoms with Crippen molar-refractivity contribution >= 4 is 23.6 Å². The van der Waals surface area contributed by atoms with Gasteiger partial charge in [-0.1, -0.05) is 30.3 Å². The summed E-state index contributed by atoms with van der Waals surface area (Å²) < 4.78 is 10.6. The van der Waals surface area contributed by atoms with Gasteiger partial charge in [0.15, 0.2) is 0 Å². The number of halogens is 1. The first-order valence-corrected chi connectivity index (χ1v) is 8.06. The summed E-state index contributed by atoms with van der Waals surface area (Å²) in [6, 6.07) is 5.94. The number of carbonyl (C=O) groups is 2. The molecule has 1 saturated heterocycles. The van der Waals surface area contributed by atoms with Gasteiger partial charge in [0, 0.05) is 10.7 Å². The van der Waals surface area contributed by atoms with Gasteiger partial charge in [-0.2, -0.15) is 0 Å². The zero-order valence-corrected chi connectivity index (χ0v) is 14.4. The van der Waals surface area contributed by atoms with E-state index in [-0.39, 0.29) is 12.7 Å². The molecule has 1 aromatic carbocycles. The third kappa shape index (κ3) is 4.72. The SMILES string of the molecule is C=C1NC(=O)N[C@H](c2ccc(Cl)cc2)[C@H]1C(=O)OCCOC(C)C. The lowest BCUT2D eigenvalue weighted by Crippen LogP contribution is -2.51. The first-order chi connectivity index (χ1) is 11.4. The van der Waals surface area contributed by atoms with E-state index in [1.165, 1.54) is 0 Å². The Hall–Kier alpha value is -2.05. The summed E-state index contributed by atoms with van der Waals surface area (Å²) in [5, 5.41) is 5.84. The van der Waals surface area contributed by atoms with E-state index in [0.717, 1.165) is 5.56 Å². The van der Waals surface area contributed by atoms with Gasteiger partial charge in [-0.05, 0) is 31.5 Å². The highest BCUT2D eigenvalue weighted by Gasteiger charge is 2.38. The van der Waals surface area contributed by atoms with Crippen molar-refractivity contribution in [1.29, 1.82) is 0 Å². The molecule has 130 valence electrons. The maximum absolute atomic E-state index is 12.5. The molecule has 2 amide bonds. The molecular weight excluding hydrogens is 332 g/mol. The normalized spacial score (nSPS) is 20.5. The molecule has 0 unspecified atom stereocenters.